The van der Waals surface area contributed by atoms with E-state index in [0.717, 1.165) is 0 Å². The Morgan fingerprint density at radius 2 is 1.25 bits per heavy atom. The van der Waals surface area contributed by atoms with Gasteiger partial charge in [0.05, 0.1) is 0 Å². The maximum absolute atomic E-state index is 8.99. The molecule has 3 heteroatoms. The first-order chi connectivity index (χ1) is 8.64. The van der Waals surface area contributed by atoms with Gasteiger partial charge in [0.15, 0.2) is 0 Å². The topological polar surface area (TPSA) is 23.9 Å². The summed E-state index contributed by atoms with van der Waals surface area (Å²) < 4.78 is 1.47. The van der Waals surface area contributed by atoms with Gasteiger partial charge in [0.2, 0.25) is 0 Å². The van der Waals surface area contributed by atoms with E-state index in [1.54, 1.807) is 0 Å². The van der Waals surface area contributed by atoms with Crippen LogP contribution in [0.5, 0.6) is 0 Å². The number of hydrogen-bond acceptors (Lipinski definition) is 1. The molecule has 115 valence electrons. The second-order valence-corrected chi connectivity index (χ2v) is 14.9. The third-order valence-electron chi connectivity index (χ3n) is 3.79. The van der Waals surface area contributed by atoms with Gasteiger partial charge < -0.3 is 5.16 Å². The van der Waals surface area contributed by atoms with Gasteiger partial charge in [-0.15, -0.1) is 0 Å². The van der Waals surface area contributed by atoms with Crippen LogP contribution in [0.3, 0.4) is 0 Å². The van der Waals surface area contributed by atoms with Crippen molar-refractivity contribution in [3.8, 4) is 0 Å². The molecule has 0 aromatic rings. The molecule has 0 aliphatic heterocycles. The summed E-state index contributed by atoms with van der Waals surface area (Å²) in [4.78, 5) is 0. The molecule has 1 aliphatic carbocycles. The first-order valence-electron chi connectivity index (χ1n) is 7.36. The van der Waals surface area contributed by atoms with Crippen LogP contribution in [0.2, 0.25) is 0 Å². The first-order valence-corrected chi connectivity index (χ1v) is 9.93. The third-order valence-corrected chi connectivity index (χ3v) is 10.4. The monoisotopic (exact) mass is 330 g/mol. The van der Waals surface area contributed by atoms with E-state index in [9.17, 15) is 0 Å². The van der Waals surface area contributed by atoms with Crippen LogP contribution < -0.4 is 0 Å². The summed E-state index contributed by atoms with van der Waals surface area (Å²) in [6, 6.07) is 0. The van der Waals surface area contributed by atoms with Gasteiger partial charge in [0, 0.05) is 0 Å². The number of allylic oxidation sites excluding steroid dienone is 4. The van der Waals surface area contributed by atoms with Gasteiger partial charge in [-0.05, 0) is 22.5 Å². The summed E-state index contributed by atoms with van der Waals surface area (Å²) >= 11 is 2.14. The molecule has 0 radical (unpaired) electrons. The van der Waals surface area contributed by atoms with Crippen LogP contribution in [0.25, 0.3) is 0 Å². The Hall–Kier alpha value is 0.424. The Labute approximate surface area is 139 Å². The van der Waals surface area contributed by atoms with Crippen LogP contribution in [0.1, 0.15) is 68.7 Å². The van der Waals surface area contributed by atoms with Crippen LogP contribution in [0.4, 0.5) is 0 Å². The Morgan fingerprint density at radius 1 is 0.900 bits per heavy atom. The van der Waals surface area contributed by atoms with E-state index in [1.807, 2.05) is 0 Å². The first kappa shape index (κ1) is 20.4. The Kier molecular flexibility index (Phi) is 6.82. The van der Waals surface area contributed by atoms with Gasteiger partial charge in [-0.1, -0.05) is 62.3 Å². The van der Waals surface area contributed by atoms with Crippen molar-refractivity contribution < 1.29 is 20.4 Å². The van der Waals surface area contributed by atoms with Crippen molar-refractivity contribution in [1.82, 2.24) is 0 Å². The average Bonchev–Trinajstić information content (AvgIpc) is 2.63. The molecule has 1 aliphatic rings. The minimum atomic E-state index is -1.77. The zero-order valence-electron chi connectivity index (χ0n) is 14.9. The van der Waals surface area contributed by atoms with Crippen molar-refractivity contribution in [2.24, 2.45) is 0 Å². The van der Waals surface area contributed by atoms with Crippen LogP contribution in [0, 0.1) is 5.16 Å². The molecule has 0 bridgehead atoms. The molecule has 1 N–H and O–H groups in total. The van der Waals surface area contributed by atoms with Gasteiger partial charge >= 0.3 is 49.0 Å². The van der Waals surface area contributed by atoms with Crippen LogP contribution >= 0.6 is 7.05 Å². The molecule has 0 amide bonds. The Balaban J connectivity index is 0.000000493. The van der Waals surface area contributed by atoms with Gasteiger partial charge in [-0.3, -0.25) is 0 Å². The molecule has 1 rings (SSSR count). The van der Waals surface area contributed by atoms with Crippen molar-refractivity contribution in [3.63, 3.8) is 0 Å². The maximum atomic E-state index is 8.99. The zero-order valence-corrected chi connectivity index (χ0v) is 17.3. The summed E-state index contributed by atoms with van der Waals surface area (Å²) in [5, 5.41) is 9.29. The predicted molar refractivity (Wildman–Crippen MR) is 90.7 cm³/mol. The molecule has 20 heavy (non-hydrogen) atoms. The van der Waals surface area contributed by atoms with Gasteiger partial charge in [-0.2, -0.15) is 0 Å². The number of nitrogens with one attached hydrogen (secondary N) is 1. The normalized spacial score (nSPS) is 16.5. The van der Waals surface area contributed by atoms with Crippen molar-refractivity contribution in [1.29, 1.82) is 5.16 Å². The second kappa shape index (κ2) is 6.68. The van der Waals surface area contributed by atoms with Crippen molar-refractivity contribution >= 4 is 7.05 Å². The van der Waals surface area contributed by atoms with Crippen LogP contribution in [-0.2, 0) is 20.4 Å². The van der Waals surface area contributed by atoms with E-state index < -0.39 is 7.05 Å². The molecule has 0 saturated carbocycles. The molecular weight excluding hydrogens is 297 g/mol. The Bertz CT molecular complexity index is 383. The number of hydrogen-bond donors (Lipinski definition) is 1. The number of rotatable bonds is 0. The summed E-state index contributed by atoms with van der Waals surface area (Å²) in [6.07, 6.45) is 7.56. The van der Waals surface area contributed by atoms with E-state index in [2.05, 4.69) is 101 Å². The Morgan fingerprint density at radius 3 is 1.30 bits per heavy atom. The summed E-state index contributed by atoms with van der Waals surface area (Å²) in [7, 11) is -1.77. The van der Waals surface area contributed by atoms with Crippen molar-refractivity contribution in [2.45, 2.75) is 84.2 Å². The molecule has 0 spiro atoms. The van der Waals surface area contributed by atoms with E-state index in [0.29, 0.717) is 0 Å². The fourth-order valence-corrected chi connectivity index (χ4v) is 9.84. The van der Waals surface area contributed by atoms with Crippen LogP contribution in [0.15, 0.2) is 22.1 Å². The molecule has 0 heterocycles. The summed E-state index contributed by atoms with van der Waals surface area (Å²) in [6.45, 7) is 20.0. The van der Waals surface area contributed by atoms with Crippen LogP contribution in [-0.4, -0.2) is 15.5 Å². The minimum absolute atomic E-state index is 0.101. The summed E-state index contributed by atoms with van der Waals surface area (Å²) in [5.74, 6) is 0. The van der Waals surface area contributed by atoms with Crippen molar-refractivity contribution in [2.75, 3.05) is 0 Å². The fourth-order valence-electron chi connectivity index (χ4n) is 3.47. The quantitative estimate of drug-likeness (QED) is 0.385. The molecule has 0 fully saturated rings. The summed E-state index contributed by atoms with van der Waals surface area (Å²) in [5.41, 5.74) is 0. The fraction of sp³-hybridized carbons (Fsp3) is 0.765. The second-order valence-electron chi connectivity index (χ2n) is 8.51. The van der Waals surface area contributed by atoms with Gasteiger partial charge in [0.1, 0.15) is 0 Å². The SMILES string of the molecule is CC(C)(C)P(=N)(C(C)(C)C)C(C)(C)C.[Ti][C]1=CC=CC1. The zero-order chi connectivity index (χ0) is 16.4. The molecule has 0 saturated heterocycles. The molecule has 1 nitrogen and oxygen atoms in total. The predicted octanol–water partition coefficient (Wildman–Crippen LogP) is 6.54. The van der Waals surface area contributed by atoms with Gasteiger partial charge in [0.25, 0.3) is 0 Å². The van der Waals surface area contributed by atoms with E-state index >= 15 is 0 Å². The van der Waals surface area contributed by atoms with E-state index in [-0.39, 0.29) is 15.5 Å². The third kappa shape index (κ3) is 4.72. The molecule has 0 aromatic carbocycles. The standard InChI is InChI=1S/C12H28NP.C5H5.Ti/c1-10(2,3)14(13,11(4,5)6)12(7,8)9;1-2-4-5-3-1;/h13H,1-9H3;1-3H,4H2;. The molecule has 0 atom stereocenters. The van der Waals surface area contributed by atoms with Gasteiger partial charge in [-0.25, -0.2) is 0 Å². The molecule has 0 unspecified atom stereocenters. The van der Waals surface area contributed by atoms with E-state index in [4.69, 9.17) is 5.16 Å². The van der Waals surface area contributed by atoms with E-state index in [1.165, 1.54) is 10.3 Å². The van der Waals surface area contributed by atoms with Crippen molar-refractivity contribution in [3.05, 3.63) is 22.1 Å². The average molecular weight is 330 g/mol. The molecule has 0 aromatic heterocycles. The molecular formula is C17H33NPTi.